The Bertz CT molecular complexity index is 231. The summed E-state index contributed by atoms with van der Waals surface area (Å²) in [5, 5.41) is 10.7. The maximum Gasteiger partial charge on any atom is 0.0791 e. The predicted molar refractivity (Wildman–Crippen MR) is 67.4 cm³/mol. The fourth-order valence-corrected chi connectivity index (χ4v) is 3.39. The van der Waals surface area contributed by atoms with Crippen molar-refractivity contribution in [2.45, 2.75) is 77.0 Å². The molecular formula is C14H27NO. The number of rotatable bonds is 5. The second-order valence-electron chi connectivity index (χ2n) is 6.07. The molecule has 1 saturated heterocycles. The normalized spacial score (nSPS) is 36.2. The van der Waals surface area contributed by atoms with Crippen molar-refractivity contribution in [2.24, 2.45) is 5.92 Å². The highest BCUT2D eigenvalue weighted by Gasteiger charge is 2.46. The molecule has 2 nitrogen and oxygen atoms in total. The Hall–Kier alpha value is -0.0800. The molecule has 0 spiro atoms. The molecule has 0 bridgehead atoms. The Morgan fingerprint density at radius 2 is 1.94 bits per heavy atom. The van der Waals surface area contributed by atoms with Gasteiger partial charge in [0.05, 0.1) is 5.60 Å². The first-order valence-electron chi connectivity index (χ1n) is 7.06. The van der Waals surface area contributed by atoms with Crippen LogP contribution in [0.1, 0.15) is 59.3 Å². The van der Waals surface area contributed by atoms with E-state index in [0.717, 1.165) is 25.4 Å². The van der Waals surface area contributed by atoms with Gasteiger partial charge >= 0.3 is 0 Å². The third-order valence-corrected chi connectivity index (χ3v) is 4.56. The number of likely N-dealkylation sites (tertiary alicyclic amines) is 1. The minimum Gasteiger partial charge on any atom is -0.388 e. The quantitative estimate of drug-likeness (QED) is 0.777. The smallest absolute Gasteiger partial charge is 0.0791 e. The third-order valence-electron chi connectivity index (χ3n) is 4.56. The van der Waals surface area contributed by atoms with Crippen molar-refractivity contribution >= 4 is 0 Å². The van der Waals surface area contributed by atoms with Crippen molar-refractivity contribution in [3.8, 4) is 0 Å². The summed E-state index contributed by atoms with van der Waals surface area (Å²) in [5.41, 5.74) is -0.390. The monoisotopic (exact) mass is 225 g/mol. The van der Waals surface area contributed by atoms with Crippen LogP contribution < -0.4 is 0 Å². The van der Waals surface area contributed by atoms with Gasteiger partial charge in [-0.1, -0.05) is 26.7 Å². The van der Waals surface area contributed by atoms with E-state index in [0.29, 0.717) is 12.0 Å². The predicted octanol–water partition coefficient (Wildman–Crippen LogP) is 2.80. The molecule has 2 fully saturated rings. The molecule has 0 aromatic heterocycles. The Morgan fingerprint density at radius 1 is 1.31 bits per heavy atom. The number of hydrogen-bond donors (Lipinski definition) is 1. The lowest BCUT2D eigenvalue weighted by molar-refractivity contribution is 0.0223. The molecule has 1 aliphatic heterocycles. The van der Waals surface area contributed by atoms with Crippen molar-refractivity contribution in [3.63, 3.8) is 0 Å². The van der Waals surface area contributed by atoms with E-state index in [1.165, 1.54) is 25.7 Å². The maximum atomic E-state index is 10.7. The van der Waals surface area contributed by atoms with Crippen molar-refractivity contribution in [1.29, 1.82) is 0 Å². The third kappa shape index (κ3) is 2.60. The minimum absolute atomic E-state index is 0.390. The average Bonchev–Trinajstić information content (AvgIpc) is 3.03. The molecule has 1 saturated carbocycles. The average molecular weight is 225 g/mol. The first kappa shape index (κ1) is 12.4. The van der Waals surface area contributed by atoms with E-state index in [-0.39, 0.29) is 0 Å². The second kappa shape index (κ2) is 4.66. The summed E-state index contributed by atoms with van der Waals surface area (Å²) in [6, 6.07) is 1.39. The van der Waals surface area contributed by atoms with Gasteiger partial charge in [-0.3, -0.25) is 4.90 Å². The number of aliphatic hydroxyl groups is 1. The maximum absolute atomic E-state index is 10.7. The summed E-state index contributed by atoms with van der Waals surface area (Å²) in [7, 11) is 0. The van der Waals surface area contributed by atoms with E-state index in [4.69, 9.17) is 0 Å². The van der Waals surface area contributed by atoms with Crippen LogP contribution >= 0.6 is 0 Å². The van der Waals surface area contributed by atoms with Crippen LogP contribution in [0.2, 0.25) is 0 Å². The first-order chi connectivity index (χ1) is 7.58. The second-order valence-corrected chi connectivity index (χ2v) is 6.07. The molecule has 2 aliphatic rings. The molecule has 2 unspecified atom stereocenters. The molecule has 0 radical (unpaired) electrons. The van der Waals surface area contributed by atoms with E-state index >= 15 is 0 Å². The molecule has 1 N–H and O–H groups in total. The molecule has 16 heavy (non-hydrogen) atoms. The zero-order valence-electron chi connectivity index (χ0n) is 11.1. The zero-order chi connectivity index (χ0) is 11.8. The SMILES string of the molecule is CCC(CC)CC1(O)CC(C)N(C2CC2)C1. The van der Waals surface area contributed by atoms with Gasteiger partial charge in [-0.15, -0.1) is 0 Å². The highest BCUT2D eigenvalue weighted by Crippen LogP contribution is 2.40. The fourth-order valence-electron chi connectivity index (χ4n) is 3.39. The number of β-amino-alcohol motifs (C(OH)–C–C–N with tert-alkyl or cyclic N) is 1. The van der Waals surface area contributed by atoms with Gasteiger partial charge in [0.25, 0.3) is 0 Å². The summed E-state index contributed by atoms with van der Waals surface area (Å²) in [6.07, 6.45) is 7.11. The van der Waals surface area contributed by atoms with Crippen LogP contribution in [-0.2, 0) is 0 Å². The Morgan fingerprint density at radius 3 is 2.44 bits per heavy atom. The van der Waals surface area contributed by atoms with Crippen LogP contribution in [0.5, 0.6) is 0 Å². The van der Waals surface area contributed by atoms with Gasteiger partial charge in [-0.05, 0) is 38.5 Å². The lowest BCUT2D eigenvalue weighted by atomic mass is 9.86. The van der Waals surface area contributed by atoms with Crippen molar-refractivity contribution in [3.05, 3.63) is 0 Å². The van der Waals surface area contributed by atoms with Gasteiger partial charge in [0, 0.05) is 18.6 Å². The summed E-state index contributed by atoms with van der Waals surface area (Å²) in [4.78, 5) is 2.54. The number of hydrogen-bond acceptors (Lipinski definition) is 2. The Labute approximate surface area is 100 Å². The topological polar surface area (TPSA) is 23.5 Å². The van der Waals surface area contributed by atoms with Crippen LogP contribution in [-0.4, -0.2) is 34.2 Å². The largest absolute Gasteiger partial charge is 0.388 e. The van der Waals surface area contributed by atoms with Crippen molar-refractivity contribution in [2.75, 3.05) is 6.54 Å². The van der Waals surface area contributed by atoms with Crippen LogP contribution in [0.4, 0.5) is 0 Å². The lowest BCUT2D eigenvalue weighted by Crippen LogP contribution is -2.36. The molecule has 1 heterocycles. The van der Waals surface area contributed by atoms with Crippen LogP contribution in [0.25, 0.3) is 0 Å². The van der Waals surface area contributed by atoms with Gasteiger partial charge in [-0.25, -0.2) is 0 Å². The molecule has 1 aliphatic carbocycles. The highest BCUT2D eigenvalue weighted by atomic mass is 16.3. The van der Waals surface area contributed by atoms with E-state index in [9.17, 15) is 5.11 Å². The van der Waals surface area contributed by atoms with Gasteiger partial charge in [-0.2, -0.15) is 0 Å². The van der Waals surface area contributed by atoms with Gasteiger partial charge in [0.15, 0.2) is 0 Å². The standard InChI is InChI=1S/C14H27NO/c1-4-12(5-2)9-14(16)8-11(3)15(10-14)13-6-7-13/h11-13,16H,4-10H2,1-3H3. The molecule has 94 valence electrons. The van der Waals surface area contributed by atoms with Crippen LogP contribution in [0.3, 0.4) is 0 Å². The van der Waals surface area contributed by atoms with Gasteiger partial charge < -0.3 is 5.11 Å². The Balaban J connectivity index is 1.92. The van der Waals surface area contributed by atoms with E-state index in [2.05, 4.69) is 25.7 Å². The zero-order valence-corrected chi connectivity index (χ0v) is 11.1. The first-order valence-corrected chi connectivity index (χ1v) is 7.06. The van der Waals surface area contributed by atoms with E-state index in [1.807, 2.05) is 0 Å². The van der Waals surface area contributed by atoms with E-state index < -0.39 is 5.60 Å². The number of nitrogens with zero attached hydrogens (tertiary/aromatic N) is 1. The summed E-state index contributed by atoms with van der Waals surface area (Å²) in [6.45, 7) is 7.70. The molecular weight excluding hydrogens is 198 g/mol. The van der Waals surface area contributed by atoms with E-state index in [1.54, 1.807) is 0 Å². The van der Waals surface area contributed by atoms with Crippen molar-refractivity contribution < 1.29 is 5.11 Å². The van der Waals surface area contributed by atoms with Gasteiger partial charge in [0.2, 0.25) is 0 Å². The van der Waals surface area contributed by atoms with Crippen LogP contribution in [0.15, 0.2) is 0 Å². The highest BCUT2D eigenvalue weighted by molar-refractivity contribution is 5.01. The van der Waals surface area contributed by atoms with Gasteiger partial charge in [0.1, 0.15) is 0 Å². The summed E-state index contributed by atoms with van der Waals surface area (Å²) >= 11 is 0. The fraction of sp³-hybridized carbons (Fsp3) is 1.00. The molecule has 2 heteroatoms. The summed E-state index contributed by atoms with van der Waals surface area (Å²) < 4.78 is 0. The lowest BCUT2D eigenvalue weighted by Gasteiger charge is -2.27. The molecule has 0 aromatic carbocycles. The minimum atomic E-state index is -0.390. The Kier molecular flexibility index (Phi) is 3.60. The molecule has 2 rings (SSSR count). The summed E-state index contributed by atoms with van der Waals surface area (Å²) in [5.74, 6) is 0.705. The molecule has 0 aromatic rings. The molecule has 2 atom stereocenters. The van der Waals surface area contributed by atoms with Crippen molar-refractivity contribution in [1.82, 2.24) is 4.90 Å². The van der Waals surface area contributed by atoms with Crippen LogP contribution in [0, 0.1) is 5.92 Å². The molecule has 0 amide bonds.